The molecule has 1 heterocycles. The van der Waals surface area contributed by atoms with Crippen molar-refractivity contribution in [1.82, 2.24) is 5.32 Å². The van der Waals surface area contributed by atoms with Gasteiger partial charge in [-0.05, 0) is 61.7 Å². The molecule has 0 spiro atoms. The monoisotopic (exact) mass is 343 g/mol. The molecular formula is C15H22ClN3S2. The van der Waals surface area contributed by atoms with Gasteiger partial charge in [-0.3, -0.25) is 0 Å². The van der Waals surface area contributed by atoms with Gasteiger partial charge in [-0.15, -0.1) is 0 Å². The van der Waals surface area contributed by atoms with Gasteiger partial charge in [0.1, 0.15) is 0 Å². The maximum Gasteiger partial charge on any atom is 0.170 e. The number of nitrogens with one attached hydrogen (secondary N) is 2. The maximum atomic E-state index is 6.13. The number of rotatable bonds is 6. The Labute approximate surface area is 141 Å². The lowest BCUT2D eigenvalue weighted by molar-refractivity contribution is 0.855. The molecule has 2 rings (SSSR count). The Hall–Kier alpha value is -0.650. The lowest BCUT2D eigenvalue weighted by Crippen LogP contribution is -2.30. The van der Waals surface area contributed by atoms with Gasteiger partial charge in [0.2, 0.25) is 0 Å². The zero-order valence-electron chi connectivity index (χ0n) is 12.3. The van der Waals surface area contributed by atoms with Gasteiger partial charge >= 0.3 is 0 Å². The number of thioether (sulfide) groups is 1. The minimum absolute atomic E-state index is 0.666. The molecule has 0 bridgehead atoms. The summed E-state index contributed by atoms with van der Waals surface area (Å²) in [7, 11) is 0. The number of hydrogen-bond acceptors (Lipinski definition) is 3. The zero-order chi connectivity index (χ0) is 15.1. The largest absolute Gasteiger partial charge is 0.370 e. The summed E-state index contributed by atoms with van der Waals surface area (Å²) >= 11 is 13.4. The summed E-state index contributed by atoms with van der Waals surface area (Å²) in [6.45, 7) is 3.10. The van der Waals surface area contributed by atoms with Crippen LogP contribution in [0, 0.1) is 0 Å². The van der Waals surface area contributed by atoms with E-state index in [1.807, 2.05) is 23.9 Å². The van der Waals surface area contributed by atoms with Gasteiger partial charge in [-0.2, -0.15) is 11.8 Å². The summed E-state index contributed by atoms with van der Waals surface area (Å²) in [5, 5.41) is 7.93. The van der Waals surface area contributed by atoms with Gasteiger partial charge < -0.3 is 15.5 Å². The van der Waals surface area contributed by atoms with Crippen molar-refractivity contribution in [1.29, 1.82) is 0 Å². The summed E-state index contributed by atoms with van der Waals surface area (Å²) < 4.78 is 0. The van der Waals surface area contributed by atoms with Crippen molar-refractivity contribution in [2.75, 3.05) is 41.9 Å². The predicted molar refractivity (Wildman–Crippen MR) is 100 cm³/mol. The van der Waals surface area contributed by atoms with E-state index in [-0.39, 0.29) is 0 Å². The van der Waals surface area contributed by atoms with E-state index >= 15 is 0 Å². The van der Waals surface area contributed by atoms with Crippen molar-refractivity contribution in [2.24, 2.45) is 0 Å². The highest BCUT2D eigenvalue weighted by Crippen LogP contribution is 2.31. The Morgan fingerprint density at radius 1 is 1.38 bits per heavy atom. The second-order valence-corrected chi connectivity index (χ2v) is 6.91. The van der Waals surface area contributed by atoms with Crippen LogP contribution in [0.15, 0.2) is 18.2 Å². The Bertz CT molecular complexity index is 476. The normalized spacial score (nSPS) is 14.3. The van der Waals surface area contributed by atoms with E-state index in [4.69, 9.17) is 23.8 Å². The minimum atomic E-state index is 0.666. The molecular weight excluding hydrogens is 322 g/mol. The molecule has 1 aromatic rings. The molecule has 1 aliphatic rings. The van der Waals surface area contributed by atoms with E-state index in [2.05, 4.69) is 27.9 Å². The molecule has 0 amide bonds. The first-order chi connectivity index (χ1) is 10.2. The molecule has 0 atom stereocenters. The first-order valence-corrected chi connectivity index (χ1v) is 9.47. The number of nitrogens with zero attached hydrogens (tertiary/aromatic N) is 1. The van der Waals surface area contributed by atoms with Gasteiger partial charge in [0.15, 0.2) is 5.11 Å². The average Bonchev–Trinajstić information content (AvgIpc) is 2.98. The second kappa shape index (κ2) is 8.71. The van der Waals surface area contributed by atoms with E-state index in [0.717, 1.165) is 42.5 Å². The molecule has 21 heavy (non-hydrogen) atoms. The summed E-state index contributed by atoms with van der Waals surface area (Å²) in [5.74, 6) is 1.14. The van der Waals surface area contributed by atoms with E-state index < -0.39 is 0 Å². The third kappa shape index (κ3) is 5.24. The van der Waals surface area contributed by atoms with Crippen molar-refractivity contribution in [3.8, 4) is 0 Å². The van der Waals surface area contributed by atoms with E-state index in [1.165, 1.54) is 18.5 Å². The Kier molecular flexibility index (Phi) is 6.93. The van der Waals surface area contributed by atoms with Crippen molar-refractivity contribution in [3.63, 3.8) is 0 Å². The summed E-state index contributed by atoms with van der Waals surface area (Å²) in [4.78, 5) is 2.38. The molecule has 0 aromatic heterocycles. The topological polar surface area (TPSA) is 27.3 Å². The molecule has 1 aromatic carbocycles. The lowest BCUT2D eigenvalue weighted by atomic mass is 10.2. The quantitative estimate of drug-likeness (QED) is 0.602. The highest BCUT2D eigenvalue weighted by Gasteiger charge is 2.16. The van der Waals surface area contributed by atoms with Gasteiger partial charge in [-0.25, -0.2) is 0 Å². The fourth-order valence-electron chi connectivity index (χ4n) is 2.43. The third-order valence-corrected chi connectivity index (χ3v) is 4.64. The number of halogens is 1. The molecule has 0 saturated carbocycles. The molecule has 0 radical (unpaired) electrons. The smallest absolute Gasteiger partial charge is 0.170 e. The van der Waals surface area contributed by atoms with Gasteiger partial charge in [0, 0.05) is 24.7 Å². The van der Waals surface area contributed by atoms with Crippen molar-refractivity contribution < 1.29 is 0 Å². The SMILES string of the molecule is CSCCCNC(=S)Nc1cc(Cl)ccc1N1CCCC1. The fraction of sp³-hybridized carbons (Fsp3) is 0.533. The Morgan fingerprint density at radius 2 is 2.14 bits per heavy atom. The Balaban J connectivity index is 1.97. The number of hydrogen-bond donors (Lipinski definition) is 2. The number of benzene rings is 1. The van der Waals surface area contributed by atoms with Crippen LogP contribution >= 0.6 is 35.6 Å². The fourth-order valence-corrected chi connectivity index (χ4v) is 3.24. The number of anilines is 2. The molecule has 116 valence electrons. The van der Waals surface area contributed by atoms with Crippen LogP contribution in [0.1, 0.15) is 19.3 Å². The van der Waals surface area contributed by atoms with Gasteiger partial charge in [0.25, 0.3) is 0 Å². The van der Waals surface area contributed by atoms with E-state index in [9.17, 15) is 0 Å². The third-order valence-electron chi connectivity index (χ3n) is 3.46. The molecule has 0 unspecified atom stereocenters. The first kappa shape index (κ1) is 16.7. The summed E-state index contributed by atoms with van der Waals surface area (Å²) in [5.41, 5.74) is 2.18. The standard InChI is InChI=1S/C15H22ClN3S2/c1-21-10-4-7-17-15(20)18-13-11-12(16)5-6-14(13)19-8-2-3-9-19/h5-6,11H,2-4,7-10H2,1H3,(H2,17,18,20). The minimum Gasteiger partial charge on any atom is -0.370 e. The van der Waals surface area contributed by atoms with Gasteiger partial charge in [-0.1, -0.05) is 11.6 Å². The van der Waals surface area contributed by atoms with Crippen LogP contribution in [0.4, 0.5) is 11.4 Å². The first-order valence-electron chi connectivity index (χ1n) is 7.29. The van der Waals surface area contributed by atoms with Crippen LogP contribution in [0.3, 0.4) is 0 Å². The van der Waals surface area contributed by atoms with Crippen LogP contribution < -0.4 is 15.5 Å². The molecule has 1 fully saturated rings. The molecule has 1 aliphatic heterocycles. The molecule has 2 N–H and O–H groups in total. The highest BCUT2D eigenvalue weighted by molar-refractivity contribution is 7.98. The van der Waals surface area contributed by atoms with E-state index in [0.29, 0.717) is 5.11 Å². The Morgan fingerprint density at radius 3 is 2.86 bits per heavy atom. The van der Waals surface area contributed by atoms with Gasteiger partial charge in [0.05, 0.1) is 11.4 Å². The molecule has 1 saturated heterocycles. The molecule has 0 aliphatic carbocycles. The molecule has 6 heteroatoms. The zero-order valence-corrected chi connectivity index (χ0v) is 14.7. The van der Waals surface area contributed by atoms with Crippen LogP contribution in [0.2, 0.25) is 5.02 Å². The van der Waals surface area contributed by atoms with E-state index in [1.54, 1.807) is 0 Å². The second-order valence-electron chi connectivity index (χ2n) is 5.08. The van der Waals surface area contributed by atoms with Crippen molar-refractivity contribution >= 4 is 52.1 Å². The van der Waals surface area contributed by atoms with Crippen LogP contribution in [-0.2, 0) is 0 Å². The lowest BCUT2D eigenvalue weighted by Gasteiger charge is -2.22. The maximum absolute atomic E-state index is 6.13. The van der Waals surface area contributed by atoms with Crippen LogP contribution in [0.5, 0.6) is 0 Å². The highest BCUT2D eigenvalue weighted by atomic mass is 35.5. The summed E-state index contributed by atoms with van der Waals surface area (Å²) in [6.07, 6.45) is 5.72. The molecule has 3 nitrogen and oxygen atoms in total. The predicted octanol–water partition coefficient (Wildman–Crippen LogP) is 3.98. The van der Waals surface area contributed by atoms with Crippen molar-refractivity contribution in [2.45, 2.75) is 19.3 Å². The average molecular weight is 344 g/mol. The number of thiocarbonyl (C=S) groups is 1. The van der Waals surface area contributed by atoms with Crippen molar-refractivity contribution in [3.05, 3.63) is 23.2 Å². The van der Waals surface area contributed by atoms with Crippen LogP contribution in [-0.4, -0.2) is 36.8 Å². The summed E-state index contributed by atoms with van der Waals surface area (Å²) in [6, 6.07) is 5.97. The van der Waals surface area contributed by atoms with Crippen LogP contribution in [0.25, 0.3) is 0 Å².